The van der Waals surface area contributed by atoms with Gasteiger partial charge in [-0.3, -0.25) is 0 Å². The molecule has 0 heterocycles. The Morgan fingerprint density at radius 2 is 1.83 bits per heavy atom. The minimum Gasteiger partial charge on any atom is -0.543 e. The summed E-state index contributed by atoms with van der Waals surface area (Å²) in [6, 6.07) is 8.25. The number of hydrogen-bond acceptors (Lipinski definition) is 1. The Balaban J connectivity index is 2.98. The Bertz CT molecular complexity index is 422. The third-order valence-corrected chi connectivity index (χ3v) is 8.68. The number of halogens is 2. The molecule has 4 heteroatoms. The van der Waals surface area contributed by atoms with Crippen molar-refractivity contribution >= 4 is 30.0 Å². The molecule has 0 bridgehead atoms. The zero-order valence-corrected chi connectivity index (χ0v) is 13.8. The van der Waals surface area contributed by atoms with Crippen LogP contribution in [0.15, 0.2) is 29.3 Å². The van der Waals surface area contributed by atoms with Gasteiger partial charge in [-0.1, -0.05) is 33.4 Å². The van der Waals surface area contributed by atoms with Gasteiger partial charge in [0.25, 0.3) is 0 Å². The second-order valence-corrected chi connectivity index (χ2v) is 9.92. The molecule has 0 atom stereocenters. The van der Waals surface area contributed by atoms with E-state index < -0.39 is 8.32 Å². The van der Waals surface area contributed by atoms with Crippen molar-refractivity contribution in [1.29, 1.82) is 0 Å². The standard InChI is InChI=1S/C14H20BrFOSi/c1-5-18(6-2,7-3)17-11(4)12-9-8-10-13(15)14(12)16/h8-10H,4-7H2,1-3H3. The van der Waals surface area contributed by atoms with E-state index in [2.05, 4.69) is 43.3 Å². The fourth-order valence-corrected chi connectivity index (χ4v) is 4.93. The summed E-state index contributed by atoms with van der Waals surface area (Å²) < 4.78 is 20.5. The largest absolute Gasteiger partial charge is 0.543 e. The molecule has 1 rings (SSSR count). The summed E-state index contributed by atoms with van der Waals surface area (Å²) in [4.78, 5) is 0. The van der Waals surface area contributed by atoms with E-state index in [0.29, 0.717) is 15.8 Å². The van der Waals surface area contributed by atoms with Crippen molar-refractivity contribution in [1.82, 2.24) is 0 Å². The van der Waals surface area contributed by atoms with Crippen molar-refractivity contribution in [3.05, 3.63) is 40.6 Å². The van der Waals surface area contributed by atoms with Crippen LogP contribution in [0.3, 0.4) is 0 Å². The molecule has 0 aliphatic carbocycles. The lowest BCUT2D eigenvalue weighted by Gasteiger charge is -2.30. The molecule has 1 aromatic carbocycles. The summed E-state index contributed by atoms with van der Waals surface area (Å²) in [6.07, 6.45) is 0. The van der Waals surface area contributed by atoms with Gasteiger partial charge in [0.1, 0.15) is 11.6 Å². The van der Waals surface area contributed by atoms with Gasteiger partial charge in [0.15, 0.2) is 0 Å². The van der Waals surface area contributed by atoms with E-state index in [9.17, 15) is 4.39 Å². The maximum Gasteiger partial charge on any atom is 0.250 e. The summed E-state index contributed by atoms with van der Waals surface area (Å²) >= 11 is 3.18. The molecule has 0 fully saturated rings. The van der Waals surface area contributed by atoms with E-state index in [1.54, 1.807) is 18.2 Å². The van der Waals surface area contributed by atoms with Crippen LogP contribution in [0, 0.1) is 5.82 Å². The highest BCUT2D eigenvalue weighted by Crippen LogP contribution is 2.30. The van der Waals surface area contributed by atoms with E-state index in [4.69, 9.17) is 4.43 Å². The Kier molecular flexibility index (Phi) is 5.60. The number of rotatable bonds is 6. The molecule has 1 aromatic rings. The summed E-state index contributed by atoms with van der Waals surface area (Å²) in [5, 5.41) is 0. The Hall–Kier alpha value is -0.613. The predicted octanol–water partition coefficient (Wildman–Crippen LogP) is 5.58. The van der Waals surface area contributed by atoms with Crippen LogP contribution in [0.1, 0.15) is 26.3 Å². The molecule has 0 saturated carbocycles. The first-order chi connectivity index (χ1) is 8.49. The minimum atomic E-state index is -1.79. The summed E-state index contributed by atoms with van der Waals surface area (Å²) in [5.41, 5.74) is 0.455. The molecule has 0 amide bonds. The predicted molar refractivity (Wildman–Crippen MR) is 81.4 cm³/mol. The number of benzene rings is 1. The van der Waals surface area contributed by atoms with Crippen molar-refractivity contribution in [3.8, 4) is 0 Å². The summed E-state index contributed by atoms with van der Waals surface area (Å²) in [7, 11) is -1.79. The van der Waals surface area contributed by atoms with Gasteiger partial charge >= 0.3 is 0 Å². The molecule has 0 radical (unpaired) electrons. The van der Waals surface area contributed by atoms with Gasteiger partial charge in [-0.25, -0.2) is 4.39 Å². The lowest BCUT2D eigenvalue weighted by Crippen LogP contribution is -2.35. The molecule has 0 aliphatic rings. The van der Waals surface area contributed by atoms with Crippen LogP contribution in [-0.2, 0) is 4.43 Å². The van der Waals surface area contributed by atoms with Gasteiger partial charge in [0, 0.05) is 0 Å². The second-order valence-electron chi connectivity index (χ2n) is 4.37. The van der Waals surface area contributed by atoms with Gasteiger partial charge in [0.05, 0.1) is 10.0 Å². The Labute approximate surface area is 118 Å². The quantitative estimate of drug-likeness (QED) is 0.488. The van der Waals surface area contributed by atoms with Crippen molar-refractivity contribution in [3.63, 3.8) is 0 Å². The van der Waals surface area contributed by atoms with E-state index in [1.807, 2.05) is 0 Å². The lowest BCUT2D eigenvalue weighted by atomic mass is 10.2. The summed E-state index contributed by atoms with van der Waals surface area (Å²) in [5.74, 6) is 0.166. The molecule has 0 saturated heterocycles. The molecule has 100 valence electrons. The smallest absolute Gasteiger partial charge is 0.250 e. The van der Waals surface area contributed by atoms with Crippen molar-refractivity contribution in [2.75, 3.05) is 0 Å². The van der Waals surface area contributed by atoms with Crippen LogP contribution >= 0.6 is 15.9 Å². The monoisotopic (exact) mass is 330 g/mol. The van der Waals surface area contributed by atoms with E-state index in [0.717, 1.165) is 18.1 Å². The van der Waals surface area contributed by atoms with Gasteiger partial charge < -0.3 is 4.43 Å². The van der Waals surface area contributed by atoms with Gasteiger partial charge in [-0.05, 0) is 46.2 Å². The third kappa shape index (κ3) is 3.23. The molecular formula is C14H20BrFOSi. The van der Waals surface area contributed by atoms with Crippen LogP contribution < -0.4 is 0 Å². The molecule has 18 heavy (non-hydrogen) atoms. The Morgan fingerprint density at radius 3 is 2.33 bits per heavy atom. The molecule has 0 unspecified atom stereocenters. The highest BCUT2D eigenvalue weighted by atomic mass is 79.9. The van der Waals surface area contributed by atoms with Gasteiger partial charge in [-0.15, -0.1) is 0 Å². The molecular weight excluding hydrogens is 311 g/mol. The fourth-order valence-electron chi connectivity index (χ4n) is 2.00. The first kappa shape index (κ1) is 15.4. The molecule has 0 aliphatic heterocycles. The molecule has 0 aromatic heterocycles. The number of hydrogen-bond donors (Lipinski definition) is 0. The average Bonchev–Trinajstić information content (AvgIpc) is 2.39. The van der Waals surface area contributed by atoms with Crippen molar-refractivity contribution in [2.24, 2.45) is 0 Å². The first-order valence-corrected chi connectivity index (χ1v) is 9.64. The second kappa shape index (κ2) is 6.52. The zero-order valence-electron chi connectivity index (χ0n) is 11.2. The van der Waals surface area contributed by atoms with Crippen molar-refractivity contribution in [2.45, 2.75) is 38.9 Å². The van der Waals surface area contributed by atoms with Gasteiger partial charge in [0.2, 0.25) is 8.32 Å². The Morgan fingerprint density at radius 1 is 1.28 bits per heavy atom. The van der Waals surface area contributed by atoms with E-state index in [1.165, 1.54) is 0 Å². The minimum absolute atomic E-state index is 0.297. The van der Waals surface area contributed by atoms with Crippen LogP contribution in [0.2, 0.25) is 18.1 Å². The lowest BCUT2D eigenvalue weighted by molar-refractivity contribution is 0.485. The van der Waals surface area contributed by atoms with Crippen molar-refractivity contribution < 1.29 is 8.82 Å². The highest BCUT2D eigenvalue weighted by molar-refractivity contribution is 9.10. The third-order valence-electron chi connectivity index (χ3n) is 3.52. The van der Waals surface area contributed by atoms with Crippen LogP contribution in [0.4, 0.5) is 4.39 Å². The SMILES string of the molecule is C=C(O[Si](CC)(CC)CC)c1cccc(Br)c1F. The zero-order chi connectivity index (χ0) is 13.8. The van der Waals surface area contributed by atoms with Crippen LogP contribution in [0.5, 0.6) is 0 Å². The molecule has 0 spiro atoms. The maximum atomic E-state index is 14.0. The molecule has 1 nitrogen and oxygen atoms in total. The maximum absolute atomic E-state index is 14.0. The van der Waals surface area contributed by atoms with E-state index >= 15 is 0 Å². The first-order valence-electron chi connectivity index (χ1n) is 6.32. The fraction of sp³-hybridized carbons (Fsp3) is 0.429. The summed E-state index contributed by atoms with van der Waals surface area (Å²) in [6.45, 7) is 10.3. The molecule has 0 N–H and O–H groups in total. The average molecular weight is 331 g/mol. The normalized spacial score (nSPS) is 11.4. The van der Waals surface area contributed by atoms with Crippen LogP contribution in [0.25, 0.3) is 5.76 Å². The topological polar surface area (TPSA) is 9.23 Å². The highest BCUT2D eigenvalue weighted by Gasteiger charge is 2.31. The van der Waals surface area contributed by atoms with Crippen LogP contribution in [-0.4, -0.2) is 8.32 Å². The van der Waals surface area contributed by atoms with E-state index in [-0.39, 0.29) is 5.82 Å². The van der Waals surface area contributed by atoms with Gasteiger partial charge in [-0.2, -0.15) is 0 Å².